The topological polar surface area (TPSA) is 66.5 Å². The second-order valence-corrected chi connectivity index (χ2v) is 7.03. The average molecular weight is 393 g/mol. The molecule has 2 N–H and O–H groups in total. The highest BCUT2D eigenvalue weighted by atomic mass is 16.5. The second kappa shape index (κ2) is 7.72. The molecule has 1 aromatic heterocycles. The molecule has 0 radical (unpaired) electrons. The minimum absolute atomic E-state index is 0.206. The third kappa shape index (κ3) is 3.49. The van der Waals surface area contributed by atoms with Crippen molar-refractivity contribution in [3.63, 3.8) is 0 Å². The molecular weight excluding hydrogens is 374 g/mol. The van der Waals surface area contributed by atoms with E-state index in [0.717, 1.165) is 33.3 Å². The van der Waals surface area contributed by atoms with E-state index in [1.54, 1.807) is 0 Å². The summed E-state index contributed by atoms with van der Waals surface area (Å²) in [5, 5.41) is 5.21. The molecule has 0 unspecified atom stereocenters. The van der Waals surface area contributed by atoms with Crippen molar-refractivity contribution in [3.05, 3.63) is 96.2 Å². The van der Waals surface area contributed by atoms with Crippen molar-refractivity contribution >= 4 is 28.6 Å². The minimum atomic E-state index is -0.224. The number of hydrazone groups is 1. The first-order valence-electron chi connectivity index (χ1n) is 9.71. The summed E-state index contributed by atoms with van der Waals surface area (Å²) < 4.78 is 5.89. The summed E-state index contributed by atoms with van der Waals surface area (Å²) in [6.07, 6.45) is 3.74. The number of para-hydroxylation sites is 1. The summed E-state index contributed by atoms with van der Waals surface area (Å²) >= 11 is 0. The summed E-state index contributed by atoms with van der Waals surface area (Å²) in [4.78, 5) is 15.5. The lowest BCUT2D eigenvalue weighted by Gasteiger charge is -2.08. The highest BCUT2D eigenvalue weighted by Crippen LogP contribution is 2.24. The molecule has 1 amide bonds. The van der Waals surface area contributed by atoms with Gasteiger partial charge in [0, 0.05) is 22.7 Å². The number of nitrogens with zero attached hydrogens (tertiary/aromatic N) is 1. The number of nitrogens with one attached hydrogen (secondary N) is 2. The van der Waals surface area contributed by atoms with Crippen LogP contribution in [0.15, 0.2) is 95.7 Å². The Morgan fingerprint density at radius 1 is 0.867 bits per heavy atom. The summed E-state index contributed by atoms with van der Waals surface area (Å²) in [5.74, 6) is 0.501. The van der Waals surface area contributed by atoms with Gasteiger partial charge in [0.1, 0.15) is 18.1 Å². The molecule has 1 aliphatic heterocycles. The lowest BCUT2D eigenvalue weighted by Crippen LogP contribution is -2.16. The van der Waals surface area contributed by atoms with E-state index in [2.05, 4.69) is 27.6 Å². The van der Waals surface area contributed by atoms with E-state index in [4.69, 9.17) is 4.74 Å². The number of H-pyrrole nitrogens is 1. The average Bonchev–Trinajstić information content (AvgIpc) is 3.37. The molecule has 0 spiro atoms. The van der Waals surface area contributed by atoms with Crippen LogP contribution in [0, 0.1) is 0 Å². The van der Waals surface area contributed by atoms with E-state index in [1.165, 1.54) is 0 Å². The van der Waals surface area contributed by atoms with Gasteiger partial charge >= 0.3 is 0 Å². The molecular formula is C25H19N3O2. The Morgan fingerprint density at radius 2 is 1.60 bits per heavy atom. The van der Waals surface area contributed by atoms with Crippen LogP contribution in [0.25, 0.3) is 28.1 Å². The molecule has 30 heavy (non-hydrogen) atoms. The van der Waals surface area contributed by atoms with Gasteiger partial charge in [-0.25, -0.2) is 5.43 Å². The third-order valence-electron chi connectivity index (χ3n) is 5.11. The van der Waals surface area contributed by atoms with E-state index < -0.39 is 0 Å². The van der Waals surface area contributed by atoms with Crippen LogP contribution in [0.3, 0.4) is 0 Å². The van der Waals surface area contributed by atoms with Gasteiger partial charge < -0.3 is 9.72 Å². The lowest BCUT2D eigenvalue weighted by atomic mass is 10.1. The van der Waals surface area contributed by atoms with Gasteiger partial charge in [-0.3, -0.25) is 4.79 Å². The minimum Gasteiger partial charge on any atom is -0.487 e. The van der Waals surface area contributed by atoms with Gasteiger partial charge in [0.05, 0.1) is 5.57 Å². The van der Waals surface area contributed by atoms with Crippen molar-refractivity contribution < 1.29 is 9.53 Å². The quantitative estimate of drug-likeness (QED) is 0.479. The van der Waals surface area contributed by atoms with Crippen molar-refractivity contribution in [1.82, 2.24) is 10.4 Å². The van der Waals surface area contributed by atoms with Crippen LogP contribution in [-0.2, 0) is 4.79 Å². The summed E-state index contributed by atoms with van der Waals surface area (Å²) in [6, 6.07) is 26.0. The Morgan fingerprint density at radius 3 is 2.43 bits per heavy atom. The first-order chi connectivity index (χ1) is 14.8. The molecule has 0 atom stereocenters. The molecule has 1 aliphatic rings. The summed E-state index contributed by atoms with van der Waals surface area (Å²) in [6.45, 7) is 0.206. The molecule has 0 saturated carbocycles. The number of rotatable bonds is 5. The molecule has 0 bridgehead atoms. The van der Waals surface area contributed by atoms with Crippen molar-refractivity contribution in [2.45, 2.75) is 0 Å². The zero-order valence-electron chi connectivity index (χ0n) is 16.1. The van der Waals surface area contributed by atoms with Gasteiger partial charge in [0.2, 0.25) is 0 Å². The first-order valence-corrected chi connectivity index (χ1v) is 9.71. The van der Waals surface area contributed by atoms with Crippen molar-refractivity contribution in [2.75, 3.05) is 6.61 Å². The maximum atomic E-state index is 12.3. The highest BCUT2D eigenvalue weighted by molar-refractivity contribution is 6.28. The number of carbonyl (C=O) groups is 1. The molecule has 0 fully saturated rings. The molecule has 5 rings (SSSR count). The van der Waals surface area contributed by atoms with Crippen molar-refractivity contribution in [1.29, 1.82) is 0 Å². The Bertz CT molecular complexity index is 1270. The lowest BCUT2D eigenvalue weighted by molar-refractivity contribution is -0.116. The van der Waals surface area contributed by atoms with Crippen LogP contribution in [0.1, 0.15) is 5.56 Å². The zero-order chi connectivity index (χ0) is 20.3. The summed E-state index contributed by atoms with van der Waals surface area (Å²) in [5.41, 5.74) is 7.88. The van der Waals surface area contributed by atoms with Crippen molar-refractivity contribution in [2.24, 2.45) is 5.10 Å². The fraction of sp³-hybridized carbons (Fsp3) is 0.0400. The Hall–Kier alpha value is -4.12. The molecule has 4 aromatic rings. The Labute approximate surface area is 173 Å². The highest BCUT2D eigenvalue weighted by Gasteiger charge is 2.23. The van der Waals surface area contributed by atoms with Gasteiger partial charge in [-0.2, -0.15) is 5.10 Å². The van der Waals surface area contributed by atoms with E-state index >= 15 is 0 Å². The molecule has 5 nitrogen and oxygen atoms in total. The maximum absolute atomic E-state index is 12.3. The van der Waals surface area contributed by atoms with Gasteiger partial charge in [-0.1, -0.05) is 60.7 Å². The molecule has 146 valence electrons. The van der Waals surface area contributed by atoms with Crippen LogP contribution in [0.4, 0.5) is 0 Å². The predicted molar refractivity (Wildman–Crippen MR) is 119 cm³/mol. The van der Waals surface area contributed by atoms with Crippen molar-refractivity contribution in [3.8, 4) is 16.9 Å². The van der Waals surface area contributed by atoms with Crippen LogP contribution in [0.5, 0.6) is 5.75 Å². The van der Waals surface area contributed by atoms with Gasteiger partial charge in [-0.05, 0) is 35.4 Å². The number of aromatic amines is 1. The largest absolute Gasteiger partial charge is 0.487 e. The fourth-order valence-electron chi connectivity index (χ4n) is 3.52. The molecule has 0 saturated heterocycles. The van der Waals surface area contributed by atoms with E-state index in [9.17, 15) is 4.79 Å². The number of hydrogen-bond donors (Lipinski definition) is 2. The Balaban J connectivity index is 1.32. The number of amides is 1. The van der Waals surface area contributed by atoms with E-state index in [-0.39, 0.29) is 12.5 Å². The number of ether oxygens (including phenoxy) is 1. The molecule has 0 aliphatic carbocycles. The number of benzene rings is 3. The second-order valence-electron chi connectivity index (χ2n) is 7.03. The number of carbonyl (C=O) groups excluding carboxylic acids is 1. The smallest absolute Gasteiger partial charge is 0.273 e. The molecule has 2 heterocycles. The molecule has 5 heteroatoms. The summed E-state index contributed by atoms with van der Waals surface area (Å²) in [7, 11) is 0. The van der Waals surface area contributed by atoms with E-state index in [0.29, 0.717) is 11.3 Å². The van der Waals surface area contributed by atoms with Gasteiger partial charge in [0.15, 0.2) is 0 Å². The normalized spacial score (nSPS) is 14.7. The van der Waals surface area contributed by atoms with E-state index in [1.807, 2.05) is 79.0 Å². The monoisotopic (exact) mass is 393 g/mol. The SMILES string of the molecule is O=C1NN=C(COc2ccc(-c3ccccc3)cc2)/C1=C/c1c[nH]c2ccccc12. The number of fused-ring (bicyclic) bond motifs is 1. The van der Waals surface area contributed by atoms with Gasteiger partial charge in [-0.15, -0.1) is 0 Å². The van der Waals surface area contributed by atoms with Crippen LogP contribution in [0.2, 0.25) is 0 Å². The van der Waals surface area contributed by atoms with Gasteiger partial charge in [0.25, 0.3) is 5.91 Å². The maximum Gasteiger partial charge on any atom is 0.273 e. The predicted octanol–water partition coefficient (Wildman–Crippen LogP) is 4.78. The van der Waals surface area contributed by atoms with Crippen LogP contribution < -0.4 is 10.2 Å². The Kier molecular flexibility index (Phi) is 4.62. The van der Waals surface area contributed by atoms with Crippen LogP contribution >= 0.6 is 0 Å². The first kappa shape index (κ1) is 17.9. The third-order valence-corrected chi connectivity index (χ3v) is 5.11. The molecule has 3 aromatic carbocycles. The zero-order valence-corrected chi connectivity index (χ0v) is 16.1. The standard InChI is InChI=1S/C25H19N3O2/c29-25-22(14-19-15-26-23-9-5-4-8-21(19)23)24(27-28-25)16-30-20-12-10-18(11-13-20)17-6-2-1-3-7-17/h1-15,26H,16H2,(H,28,29)/b22-14-. The number of hydrogen-bond acceptors (Lipinski definition) is 3. The number of aromatic nitrogens is 1. The fourth-order valence-corrected chi connectivity index (χ4v) is 3.52. The van der Waals surface area contributed by atoms with Crippen LogP contribution in [-0.4, -0.2) is 23.2 Å².